The second-order valence-corrected chi connectivity index (χ2v) is 3.73. The molecule has 17 heavy (non-hydrogen) atoms. The van der Waals surface area contributed by atoms with Crippen molar-refractivity contribution in [2.24, 2.45) is 5.73 Å². The van der Waals surface area contributed by atoms with Crippen molar-refractivity contribution in [2.75, 3.05) is 19.8 Å². The number of nitrogens with two attached hydrogens (primary N) is 1. The molecule has 0 spiro atoms. The molecule has 0 saturated carbocycles. The van der Waals surface area contributed by atoms with Gasteiger partial charge in [0.2, 0.25) is 5.79 Å². The van der Waals surface area contributed by atoms with E-state index in [1.165, 1.54) is 12.1 Å². The van der Waals surface area contributed by atoms with Crippen LogP contribution in [0.15, 0.2) is 24.3 Å². The van der Waals surface area contributed by atoms with Gasteiger partial charge in [-0.05, 0) is 12.1 Å². The van der Waals surface area contributed by atoms with Crippen LogP contribution in [0, 0.1) is 0 Å². The predicted octanol–water partition coefficient (Wildman–Crippen LogP) is 1.86. The lowest BCUT2D eigenvalue weighted by Crippen LogP contribution is -2.36. The summed E-state index contributed by atoms with van der Waals surface area (Å²) in [5, 5.41) is 0. The number of benzene rings is 1. The first-order valence-electron chi connectivity index (χ1n) is 5.14. The fourth-order valence-corrected chi connectivity index (χ4v) is 1.79. The fraction of sp³-hybridized carbons (Fsp3) is 0.455. The van der Waals surface area contributed by atoms with Crippen molar-refractivity contribution in [3.05, 3.63) is 35.4 Å². The predicted molar refractivity (Wildman–Crippen MR) is 54.1 cm³/mol. The maximum absolute atomic E-state index is 12.6. The maximum Gasteiger partial charge on any atom is 0.416 e. The van der Waals surface area contributed by atoms with Gasteiger partial charge in [-0.15, -0.1) is 0 Å². The number of halogens is 3. The van der Waals surface area contributed by atoms with Crippen molar-refractivity contribution in [2.45, 2.75) is 12.0 Å². The lowest BCUT2D eigenvalue weighted by molar-refractivity contribution is -0.158. The second kappa shape index (κ2) is 4.29. The highest BCUT2D eigenvalue weighted by molar-refractivity contribution is 5.29. The van der Waals surface area contributed by atoms with E-state index in [-0.39, 0.29) is 6.54 Å². The van der Waals surface area contributed by atoms with Gasteiger partial charge in [0.1, 0.15) is 0 Å². The molecule has 0 aliphatic carbocycles. The molecule has 6 heteroatoms. The van der Waals surface area contributed by atoms with Crippen LogP contribution in [0.25, 0.3) is 0 Å². The fourth-order valence-electron chi connectivity index (χ4n) is 1.79. The average Bonchev–Trinajstić information content (AvgIpc) is 2.78. The molecule has 1 aromatic carbocycles. The third-order valence-electron chi connectivity index (χ3n) is 2.65. The van der Waals surface area contributed by atoms with Gasteiger partial charge in [0, 0.05) is 5.56 Å². The Bertz CT molecular complexity index is 400. The first-order chi connectivity index (χ1) is 7.98. The third-order valence-corrected chi connectivity index (χ3v) is 2.65. The van der Waals surface area contributed by atoms with Crippen LogP contribution in [0.4, 0.5) is 13.2 Å². The highest BCUT2D eigenvalue weighted by atomic mass is 19.4. The van der Waals surface area contributed by atoms with E-state index in [9.17, 15) is 13.2 Å². The van der Waals surface area contributed by atoms with Crippen molar-refractivity contribution in [3.63, 3.8) is 0 Å². The van der Waals surface area contributed by atoms with E-state index in [4.69, 9.17) is 15.2 Å². The SMILES string of the molecule is NCC1(c2cccc(C(F)(F)F)c2)OCCO1. The molecule has 94 valence electrons. The van der Waals surface area contributed by atoms with E-state index in [0.29, 0.717) is 18.8 Å². The van der Waals surface area contributed by atoms with Crippen LogP contribution in [0.2, 0.25) is 0 Å². The molecular formula is C11H12F3NO2. The summed E-state index contributed by atoms with van der Waals surface area (Å²) >= 11 is 0. The molecule has 0 radical (unpaired) electrons. The van der Waals surface area contributed by atoms with Gasteiger partial charge >= 0.3 is 6.18 Å². The van der Waals surface area contributed by atoms with Crippen LogP contribution in [0.3, 0.4) is 0 Å². The Morgan fingerprint density at radius 2 is 1.88 bits per heavy atom. The molecule has 1 fully saturated rings. The third kappa shape index (κ3) is 2.29. The second-order valence-electron chi connectivity index (χ2n) is 3.73. The van der Waals surface area contributed by atoms with Crippen LogP contribution >= 0.6 is 0 Å². The zero-order valence-electron chi connectivity index (χ0n) is 8.96. The first kappa shape index (κ1) is 12.3. The number of rotatable bonds is 2. The molecule has 0 unspecified atom stereocenters. The molecule has 0 atom stereocenters. The van der Waals surface area contributed by atoms with Crippen molar-refractivity contribution in [3.8, 4) is 0 Å². The highest BCUT2D eigenvalue weighted by Gasteiger charge is 2.39. The van der Waals surface area contributed by atoms with Crippen molar-refractivity contribution in [1.82, 2.24) is 0 Å². The summed E-state index contributed by atoms with van der Waals surface area (Å²) in [6.07, 6.45) is -4.38. The Morgan fingerprint density at radius 3 is 2.41 bits per heavy atom. The van der Waals surface area contributed by atoms with Gasteiger partial charge in [-0.25, -0.2) is 0 Å². The lowest BCUT2D eigenvalue weighted by Gasteiger charge is -2.26. The summed E-state index contributed by atoms with van der Waals surface area (Å²) in [5.41, 5.74) is 5.09. The Balaban J connectivity index is 2.39. The van der Waals surface area contributed by atoms with E-state index in [1.54, 1.807) is 0 Å². The molecule has 0 aromatic heterocycles. The van der Waals surface area contributed by atoms with E-state index >= 15 is 0 Å². The largest absolute Gasteiger partial charge is 0.416 e. The quantitative estimate of drug-likeness (QED) is 0.867. The monoisotopic (exact) mass is 247 g/mol. The maximum atomic E-state index is 12.6. The minimum absolute atomic E-state index is 0.0195. The molecule has 2 rings (SSSR count). The Hall–Kier alpha value is -1.11. The van der Waals surface area contributed by atoms with Gasteiger partial charge in [-0.3, -0.25) is 0 Å². The van der Waals surface area contributed by atoms with Crippen molar-refractivity contribution < 1.29 is 22.6 Å². The molecule has 1 saturated heterocycles. The van der Waals surface area contributed by atoms with Crippen LogP contribution in [-0.4, -0.2) is 19.8 Å². The van der Waals surface area contributed by atoms with Crippen LogP contribution in [-0.2, 0) is 21.4 Å². The molecule has 1 aliphatic heterocycles. The number of hydrogen-bond acceptors (Lipinski definition) is 3. The van der Waals surface area contributed by atoms with Crippen LogP contribution < -0.4 is 5.73 Å². The van der Waals surface area contributed by atoms with Crippen molar-refractivity contribution >= 4 is 0 Å². The van der Waals surface area contributed by atoms with Gasteiger partial charge < -0.3 is 15.2 Å². The van der Waals surface area contributed by atoms with Crippen molar-refractivity contribution in [1.29, 1.82) is 0 Å². The normalized spacial score (nSPS) is 19.5. The summed E-state index contributed by atoms with van der Waals surface area (Å²) in [6, 6.07) is 4.86. The zero-order chi connectivity index (χ0) is 12.5. The van der Waals surface area contributed by atoms with Gasteiger partial charge in [-0.1, -0.05) is 12.1 Å². The number of ether oxygens (including phenoxy) is 2. The van der Waals surface area contributed by atoms with E-state index in [0.717, 1.165) is 12.1 Å². The van der Waals surface area contributed by atoms with Gasteiger partial charge in [0.05, 0.1) is 25.3 Å². The van der Waals surface area contributed by atoms with E-state index in [1.807, 2.05) is 0 Å². The average molecular weight is 247 g/mol. The molecular weight excluding hydrogens is 235 g/mol. The standard InChI is InChI=1S/C11H12F3NO2/c12-11(13,14)9-3-1-2-8(6-9)10(7-15)16-4-5-17-10/h1-3,6H,4-5,7,15H2. The summed E-state index contributed by atoms with van der Waals surface area (Å²) in [4.78, 5) is 0. The van der Waals surface area contributed by atoms with Gasteiger partial charge in [-0.2, -0.15) is 13.2 Å². The Kier molecular flexibility index (Phi) is 3.11. The molecule has 3 nitrogen and oxygen atoms in total. The van der Waals surface area contributed by atoms with Gasteiger partial charge in [0.15, 0.2) is 0 Å². The zero-order valence-corrected chi connectivity index (χ0v) is 8.96. The highest BCUT2D eigenvalue weighted by Crippen LogP contribution is 2.35. The number of alkyl halides is 3. The summed E-state index contributed by atoms with van der Waals surface area (Å²) < 4.78 is 48.4. The summed E-state index contributed by atoms with van der Waals surface area (Å²) in [5.74, 6) is -1.23. The summed E-state index contributed by atoms with van der Waals surface area (Å²) in [7, 11) is 0. The first-order valence-corrected chi connectivity index (χ1v) is 5.14. The molecule has 1 aromatic rings. The number of hydrogen-bond donors (Lipinski definition) is 1. The van der Waals surface area contributed by atoms with Gasteiger partial charge in [0.25, 0.3) is 0 Å². The molecule has 0 bridgehead atoms. The topological polar surface area (TPSA) is 44.5 Å². The molecule has 2 N–H and O–H groups in total. The van der Waals surface area contributed by atoms with E-state index < -0.39 is 17.5 Å². The smallest absolute Gasteiger partial charge is 0.342 e. The molecule has 1 heterocycles. The summed E-state index contributed by atoms with van der Waals surface area (Å²) in [6.45, 7) is 0.634. The minimum Gasteiger partial charge on any atom is -0.342 e. The van der Waals surface area contributed by atoms with E-state index in [2.05, 4.69) is 0 Å². The minimum atomic E-state index is -4.38. The molecule has 0 amide bonds. The molecule has 1 aliphatic rings. The van der Waals surface area contributed by atoms with Crippen LogP contribution in [0.1, 0.15) is 11.1 Å². The Labute approximate surface area is 96.3 Å². The lowest BCUT2D eigenvalue weighted by atomic mass is 10.0. The Morgan fingerprint density at radius 1 is 1.24 bits per heavy atom. The van der Waals surface area contributed by atoms with Crippen LogP contribution in [0.5, 0.6) is 0 Å².